The molecule has 1 N–H and O–H groups in total. The van der Waals surface area contributed by atoms with E-state index in [2.05, 4.69) is 10.1 Å². The molecule has 1 fully saturated rings. The van der Waals surface area contributed by atoms with Gasteiger partial charge in [-0.05, 0) is 36.8 Å². The van der Waals surface area contributed by atoms with Crippen LogP contribution >= 0.6 is 0 Å². The van der Waals surface area contributed by atoms with E-state index in [0.717, 1.165) is 18.2 Å². The molecule has 0 saturated carbocycles. The Hall–Kier alpha value is -3.10. The van der Waals surface area contributed by atoms with E-state index < -0.39 is 35.8 Å². The average Bonchev–Trinajstić information content (AvgIpc) is 2.94. The molecule has 0 spiro atoms. The molecule has 0 bridgehead atoms. The topological polar surface area (TPSA) is 58.6 Å². The van der Waals surface area contributed by atoms with Crippen LogP contribution in [0.4, 0.5) is 23.2 Å². The molecule has 9 heteroatoms. The Labute approximate surface area is 151 Å². The Balaban J connectivity index is 1.70. The number of alkyl halides is 3. The first kappa shape index (κ1) is 18.7. The van der Waals surface area contributed by atoms with Gasteiger partial charge in [0.15, 0.2) is 0 Å². The molecule has 1 unspecified atom stereocenters. The summed E-state index contributed by atoms with van der Waals surface area (Å²) in [6.07, 6.45) is -4.57. The van der Waals surface area contributed by atoms with Crippen LogP contribution in [-0.4, -0.2) is 30.8 Å². The van der Waals surface area contributed by atoms with Crippen LogP contribution < -0.4 is 15.0 Å². The summed E-state index contributed by atoms with van der Waals surface area (Å²) < 4.78 is 54.1. The number of nitrogens with zero attached hydrogens (tertiary/aromatic N) is 1. The van der Waals surface area contributed by atoms with Crippen LogP contribution in [0.2, 0.25) is 0 Å². The minimum atomic E-state index is -4.84. The van der Waals surface area contributed by atoms with E-state index in [1.807, 2.05) is 0 Å². The first-order valence-electron chi connectivity index (χ1n) is 7.96. The minimum Gasteiger partial charge on any atom is -0.406 e. The summed E-state index contributed by atoms with van der Waals surface area (Å²) in [5.74, 6) is -2.10. The number of anilines is 1. The van der Waals surface area contributed by atoms with Gasteiger partial charge in [-0.2, -0.15) is 0 Å². The molecule has 0 aromatic heterocycles. The molecule has 1 saturated heterocycles. The van der Waals surface area contributed by atoms with Crippen molar-refractivity contribution in [1.29, 1.82) is 0 Å². The molecule has 1 heterocycles. The predicted molar refractivity (Wildman–Crippen MR) is 87.7 cm³/mol. The van der Waals surface area contributed by atoms with Crippen molar-refractivity contribution in [1.82, 2.24) is 5.32 Å². The summed E-state index contributed by atoms with van der Waals surface area (Å²) >= 11 is 0. The van der Waals surface area contributed by atoms with Crippen molar-refractivity contribution in [2.75, 3.05) is 11.4 Å². The zero-order chi connectivity index (χ0) is 19.6. The van der Waals surface area contributed by atoms with Crippen molar-refractivity contribution < 1.29 is 31.9 Å². The van der Waals surface area contributed by atoms with Crippen LogP contribution in [0.5, 0.6) is 5.75 Å². The Morgan fingerprint density at radius 2 is 1.89 bits per heavy atom. The number of benzene rings is 2. The fourth-order valence-corrected chi connectivity index (χ4v) is 2.79. The molecule has 3 rings (SSSR count). The highest BCUT2D eigenvalue weighted by Gasteiger charge is 2.35. The predicted octanol–water partition coefficient (Wildman–Crippen LogP) is 3.26. The van der Waals surface area contributed by atoms with Gasteiger partial charge in [0.25, 0.3) is 5.91 Å². The molecule has 0 aliphatic carbocycles. The van der Waals surface area contributed by atoms with E-state index in [9.17, 15) is 27.2 Å². The third-order valence-corrected chi connectivity index (χ3v) is 3.96. The molecule has 2 aromatic rings. The third kappa shape index (κ3) is 4.55. The lowest BCUT2D eigenvalue weighted by Gasteiger charge is -2.18. The van der Waals surface area contributed by atoms with E-state index in [4.69, 9.17) is 0 Å². The summed E-state index contributed by atoms with van der Waals surface area (Å²) in [6, 6.07) is 9.20. The van der Waals surface area contributed by atoms with Gasteiger partial charge in [0.1, 0.15) is 17.6 Å². The number of nitrogens with one attached hydrogen (secondary N) is 1. The smallest absolute Gasteiger partial charge is 0.406 e. The molecule has 0 radical (unpaired) electrons. The van der Waals surface area contributed by atoms with Gasteiger partial charge >= 0.3 is 6.36 Å². The van der Waals surface area contributed by atoms with Crippen LogP contribution in [0.1, 0.15) is 16.8 Å². The molecular weight excluding hydrogens is 368 g/mol. The fraction of sp³-hybridized carbons (Fsp3) is 0.222. The second-order valence-electron chi connectivity index (χ2n) is 5.86. The second kappa shape index (κ2) is 7.26. The van der Waals surface area contributed by atoms with Crippen LogP contribution in [0.3, 0.4) is 0 Å². The van der Waals surface area contributed by atoms with Gasteiger partial charge in [-0.15, -0.1) is 13.2 Å². The monoisotopic (exact) mass is 382 g/mol. The number of hydrogen-bond acceptors (Lipinski definition) is 3. The highest BCUT2D eigenvalue weighted by atomic mass is 19.4. The van der Waals surface area contributed by atoms with Crippen LogP contribution in [-0.2, 0) is 4.79 Å². The second-order valence-corrected chi connectivity index (χ2v) is 5.86. The maximum absolute atomic E-state index is 13.2. The normalized spacial score (nSPS) is 17.1. The van der Waals surface area contributed by atoms with Gasteiger partial charge in [-0.3, -0.25) is 9.59 Å². The van der Waals surface area contributed by atoms with E-state index in [1.165, 1.54) is 35.2 Å². The molecule has 142 valence electrons. The summed E-state index contributed by atoms with van der Waals surface area (Å²) in [5, 5.41) is 2.52. The Morgan fingerprint density at radius 3 is 2.59 bits per heavy atom. The first-order valence-corrected chi connectivity index (χ1v) is 7.96. The van der Waals surface area contributed by atoms with Crippen molar-refractivity contribution >= 4 is 17.5 Å². The zero-order valence-electron chi connectivity index (χ0n) is 13.8. The number of ether oxygens (including phenoxy) is 1. The highest BCUT2D eigenvalue weighted by Crippen LogP contribution is 2.29. The lowest BCUT2D eigenvalue weighted by Crippen LogP contribution is -2.41. The average molecular weight is 382 g/mol. The molecule has 2 aromatic carbocycles. The van der Waals surface area contributed by atoms with Gasteiger partial charge in [0.2, 0.25) is 5.91 Å². The van der Waals surface area contributed by atoms with Crippen LogP contribution in [0, 0.1) is 5.82 Å². The van der Waals surface area contributed by atoms with Gasteiger partial charge in [-0.25, -0.2) is 4.39 Å². The molecule has 1 atom stereocenters. The van der Waals surface area contributed by atoms with Crippen LogP contribution in [0.15, 0.2) is 48.5 Å². The zero-order valence-corrected chi connectivity index (χ0v) is 13.8. The Morgan fingerprint density at radius 1 is 1.15 bits per heavy atom. The summed E-state index contributed by atoms with van der Waals surface area (Å²) in [4.78, 5) is 25.9. The van der Waals surface area contributed by atoms with Crippen molar-refractivity contribution in [3.8, 4) is 5.75 Å². The van der Waals surface area contributed by atoms with Crippen molar-refractivity contribution in [3.63, 3.8) is 0 Å². The number of carbonyl (C=O) groups is 2. The van der Waals surface area contributed by atoms with Crippen molar-refractivity contribution in [2.24, 2.45) is 0 Å². The van der Waals surface area contributed by atoms with Gasteiger partial charge in [0.05, 0.1) is 0 Å². The maximum atomic E-state index is 13.2. The van der Waals surface area contributed by atoms with E-state index in [1.54, 1.807) is 0 Å². The third-order valence-electron chi connectivity index (χ3n) is 3.96. The Bertz CT molecular complexity index is 870. The first-order chi connectivity index (χ1) is 12.7. The van der Waals surface area contributed by atoms with Crippen molar-refractivity contribution in [3.05, 3.63) is 59.9 Å². The SMILES string of the molecule is O=C(NC1CCN(c2cccc(OC(F)(F)F)c2)C1=O)c1cccc(F)c1. The summed E-state index contributed by atoms with van der Waals surface area (Å²) in [5.41, 5.74) is 0.297. The van der Waals surface area contributed by atoms with Gasteiger partial charge in [0, 0.05) is 23.9 Å². The molecule has 27 heavy (non-hydrogen) atoms. The van der Waals surface area contributed by atoms with Crippen molar-refractivity contribution in [2.45, 2.75) is 18.8 Å². The number of halogens is 4. The standard InChI is InChI=1S/C18H14F4N2O3/c19-12-4-1-3-11(9-12)16(25)23-15-7-8-24(17(15)26)13-5-2-6-14(10-13)27-18(20,21)22/h1-6,9-10,15H,7-8H2,(H,23,25). The largest absolute Gasteiger partial charge is 0.573 e. The van der Waals surface area contributed by atoms with E-state index in [-0.39, 0.29) is 24.2 Å². The lowest BCUT2D eigenvalue weighted by molar-refractivity contribution is -0.274. The lowest BCUT2D eigenvalue weighted by atomic mass is 10.2. The molecule has 5 nitrogen and oxygen atoms in total. The quantitative estimate of drug-likeness (QED) is 0.826. The number of amides is 2. The van der Waals surface area contributed by atoms with Gasteiger partial charge in [-0.1, -0.05) is 12.1 Å². The summed E-state index contributed by atoms with van der Waals surface area (Å²) in [6.45, 7) is 0.211. The Kier molecular flexibility index (Phi) is 5.02. The molecule has 1 aliphatic heterocycles. The molecular formula is C18H14F4N2O3. The highest BCUT2D eigenvalue weighted by molar-refractivity contribution is 6.04. The van der Waals surface area contributed by atoms with E-state index >= 15 is 0 Å². The molecule has 1 aliphatic rings. The summed E-state index contributed by atoms with van der Waals surface area (Å²) in [7, 11) is 0. The van der Waals surface area contributed by atoms with Gasteiger partial charge < -0.3 is 15.0 Å². The minimum absolute atomic E-state index is 0.0711. The number of rotatable bonds is 4. The molecule has 2 amide bonds. The number of hydrogen-bond donors (Lipinski definition) is 1. The fourth-order valence-electron chi connectivity index (χ4n) is 2.79. The number of carbonyl (C=O) groups excluding carboxylic acids is 2. The maximum Gasteiger partial charge on any atom is 0.573 e. The van der Waals surface area contributed by atoms with Crippen LogP contribution in [0.25, 0.3) is 0 Å². The van der Waals surface area contributed by atoms with E-state index in [0.29, 0.717) is 0 Å².